The van der Waals surface area contributed by atoms with Crippen molar-refractivity contribution in [1.82, 2.24) is 10.3 Å². The number of hydrogen-bond donors (Lipinski definition) is 2. The van der Waals surface area contributed by atoms with Crippen molar-refractivity contribution < 1.29 is 9.59 Å². The molecule has 1 fully saturated rings. The van der Waals surface area contributed by atoms with E-state index >= 15 is 0 Å². The molecule has 0 aliphatic carbocycles. The largest absolute Gasteiger partial charge is 0.352 e. The molecule has 138 valence electrons. The average Bonchev–Trinajstić information content (AvgIpc) is 3.12. The van der Waals surface area contributed by atoms with E-state index in [2.05, 4.69) is 17.2 Å². The molecule has 1 aromatic rings. The van der Waals surface area contributed by atoms with E-state index in [0.29, 0.717) is 23.8 Å². The second-order valence-electron chi connectivity index (χ2n) is 5.59. The fraction of sp³-hybridized carbons (Fsp3) is 0.667. The summed E-state index contributed by atoms with van der Waals surface area (Å²) in [4.78, 5) is 29.9. The van der Waals surface area contributed by atoms with Gasteiger partial charge in [-0.05, 0) is 12.8 Å². The first-order valence-electron chi connectivity index (χ1n) is 7.88. The van der Waals surface area contributed by atoms with E-state index in [1.165, 1.54) is 11.3 Å². The van der Waals surface area contributed by atoms with Crippen LogP contribution in [0.4, 0.5) is 5.13 Å². The smallest absolute Gasteiger partial charge is 0.228 e. The molecule has 9 heteroatoms. The molecule has 1 aliphatic rings. The highest BCUT2D eigenvalue weighted by Gasteiger charge is 2.24. The summed E-state index contributed by atoms with van der Waals surface area (Å²) in [5.41, 5.74) is 6.40. The van der Waals surface area contributed by atoms with Crippen LogP contribution < -0.4 is 16.0 Å². The van der Waals surface area contributed by atoms with Gasteiger partial charge in [0.15, 0.2) is 5.13 Å². The minimum absolute atomic E-state index is 0. The SMILES string of the molecule is CCCCC(CN)NC(=O)Cc1csc(N2CCCC2=O)n1.Cl.Cl. The van der Waals surface area contributed by atoms with Gasteiger partial charge in [0.1, 0.15) is 0 Å². The lowest BCUT2D eigenvalue weighted by atomic mass is 10.1. The van der Waals surface area contributed by atoms with Gasteiger partial charge in [-0.3, -0.25) is 14.5 Å². The second kappa shape index (κ2) is 11.6. The summed E-state index contributed by atoms with van der Waals surface area (Å²) < 4.78 is 0. The summed E-state index contributed by atoms with van der Waals surface area (Å²) in [6, 6.07) is 0.0331. The maximum atomic E-state index is 12.1. The number of unbranched alkanes of at least 4 members (excludes halogenated alkanes) is 1. The number of carbonyl (C=O) groups excluding carboxylic acids is 2. The number of halogens is 2. The zero-order valence-corrected chi connectivity index (χ0v) is 16.3. The molecule has 2 amide bonds. The fourth-order valence-corrected chi connectivity index (χ4v) is 3.36. The molecule has 1 atom stereocenters. The number of thiazole rings is 1. The molecule has 3 N–H and O–H groups in total. The number of hydrogen-bond acceptors (Lipinski definition) is 5. The normalized spacial score (nSPS) is 14.8. The van der Waals surface area contributed by atoms with E-state index in [1.807, 2.05) is 5.38 Å². The summed E-state index contributed by atoms with van der Waals surface area (Å²) in [7, 11) is 0. The van der Waals surface area contributed by atoms with Crippen LogP contribution in [0.3, 0.4) is 0 Å². The molecular formula is C15H26Cl2N4O2S. The van der Waals surface area contributed by atoms with Crippen LogP contribution in [0.1, 0.15) is 44.7 Å². The van der Waals surface area contributed by atoms with E-state index in [-0.39, 0.29) is 49.1 Å². The summed E-state index contributed by atoms with van der Waals surface area (Å²) in [5, 5.41) is 5.51. The molecule has 2 heterocycles. The molecule has 0 saturated carbocycles. The molecule has 1 unspecified atom stereocenters. The van der Waals surface area contributed by atoms with Crippen LogP contribution >= 0.6 is 36.2 Å². The Morgan fingerprint density at radius 3 is 2.83 bits per heavy atom. The van der Waals surface area contributed by atoms with Crippen molar-refractivity contribution in [2.75, 3.05) is 18.0 Å². The third-order valence-electron chi connectivity index (χ3n) is 3.74. The molecule has 1 aromatic heterocycles. The molecule has 0 bridgehead atoms. The van der Waals surface area contributed by atoms with Gasteiger partial charge in [0.05, 0.1) is 12.1 Å². The number of amides is 2. The van der Waals surface area contributed by atoms with Crippen molar-refractivity contribution in [1.29, 1.82) is 0 Å². The Labute approximate surface area is 159 Å². The molecule has 24 heavy (non-hydrogen) atoms. The molecule has 2 rings (SSSR count). The van der Waals surface area contributed by atoms with Crippen molar-refractivity contribution in [3.63, 3.8) is 0 Å². The number of nitrogens with two attached hydrogens (primary N) is 1. The van der Waals surface area contributed by atoms with Crippen LogP contribution in [0.2, 0.25) is 0 Å². The van der Waals surface area contributed by atoms with Crippen LogP contribution in [0.5, 0.6) is 0 Å². The van der Waals surface area contributed by atoms with Gasteiger partial charge in [-0.2, -0.15) is 0 Å². The van der Waals surface area contributed by atoms with Crippen LogP contribution in [0.15, 0.2) is 5.38 Å². The van der Waals surface area contributed by atoms with Crippen molar-refractivity contribution in [3.05, 3.63) is 11.1 Å². The highest BCUT2D eigenvalue weighted by molar-refractivity contribution is 7.14. The van der Waals surface area contributed by atoms with Gasteiger partial charge in [0.2, 0.25) is 11.8 Å². The first-order valence-corrected chi connectivity index (χ1v) is 8.76. The van der Waals surface area contributed by atoms with E-state index in [9.17, 15) is 9.59 Å². The van der Waals surface area contributed by atoms with Gasteiger partial charge in [-0.15, -0.1) is 36.2 Å². The molecule has 0 aromatic carbocycles. The maximum Gasteiger partial charge on any atom is 0.228 e. The third-order valence-corrected chi connectivity index (χ3v) is 4.65. The average molecular weight is 397 g/mol. The predicted molar refractivity (Wildman–Crippen MR) is 102 cm³/mol. The van der Waals surface area contributed by atoms with E-state index in [4.69, 9.17) is 5.73 Å². The number of anilines is 1. The van der Waals surface area contributed by atoms with E-state index in [1.54, 1.807) is 4.90 Å². The predicted octanol–water partition coefficient (Wildman–Crippen LogP) is 2.29. The number of rotatable bonds is 8. The molecule has 0 spiro atoms. The number of aromatic nitrogens is 1. The third kappa shape index (κ3) is 6.55. The maximum absolute atomic E-state index is 12.1. The quantitative estimate of drug-likeness (QED) is 0.705. The summed E-state index contributed by atoms with van der Waals surface area (Å²) >= 11 is 1.42. The Balaban J connectivity index is 0.00000264. The molecule has 1 aliphatic heterocycles. The highest BCUT2D eigenvalue weighted by atomic mass is 35.5. The highest BCUT2D eigenvalue weighted by Crippen LogP contribution is 2.25. The van der Waals surface area contributed by atoms with Crippen molar-refractivity contribution in [3.8, 4) is 0 Å². The lowest BCUT2D eigenvalue weighted by Crippen LogP contribution is -2.40. The van der Waals surface area contributed by atoms with Gasteiger partial charge in [0.25, 0.3) is 0 Å². The fourth-order valence-electron chi connectivity index (χ4n) is 2.49. The Morgan fingerprint density at radius 1 is 1.50 bits per heavy atom. The minimum Gasteiger partial charge on any atom is -0.352 e. The van der Waals surface area contributed by atoms with Crippen LogP contribution in [-0.2, 0) is 16.0 Å². The molecule has 6 nitrogen and oxygen atoms in total. The summed E-state index contributed by atoms with van der Waals surface area (Å²) in [6.45, 7) is 3.30. The lowest BCUT2D eigenvalue weighted by Gasteiger charge is -2.16. The zero-order chi connectivity index (χ0) is 15.9. The van der Waals surface area contributed by atoms with Crippen LogP contribution in [0, 0.1) is 0 Å². The van der Waals surface area contributed by atoms with Crippen LogP contribution in [-0.4, -0.2) is 35.9 Å². The van der Waals surface area contributed by atoms with Crippen molar-refractivity contribution >= 4 is 53.1 Å². The van der Waals surface area contributed by atoms with Gasteiger partial charge < -0.3 is 11.1 Å². The first kappa shape index (κ1) is 23.1. The Bertz CT molecular complexity index is 527. The van der Waals surface area contributed by atoms with Gasteiger partial charge in [0, 0.05) is 30.9 Å². The minimum atomic E-state index is -0.0591. The van der Waals surface area contributed by atoms with E-state index < -0.39 is 0 Å². The Kier molecular flexibility index (Phi) is 11.2. The van der Waals surface area contributed by atoms with E-state index in [0.717, 1.165) is 32.2 Å². The summed E-state index contributed by atoms with van der Waals surface area (Å²) in [5.74, 6) is 0.0595. The van der Waals surface area contributed by atoms with Gasteiger partial charge in [-0.1, -0.05) is 19.8 Å². The number of nitrogens with one attached hydrogen (secondary N) is 1. The van der Waals surface area contributed by atoms with Gasteiger partial charge >= 0.3 is 0 Å². The Hall–Kier alpha value is -0.890. The first-order chi connectivity index (χ1) is 10.6. The standard InChI is InChI=1S/C15H24N4O2S.2ClH/c1-2-3-5-11(9-16)17-13(20)8-12-10-22-15(18-12)19-7-4-6-14(19)21;;/h10-11H,2-9,16H2,1H3,(H,17,20);2*1H. The van der Waals surface area contributed by atoms with Crippen LogP contribution in [0.25, 0.3) is 0 Å². The lowest BCUT2D eigenvalue weighted by molar-refractivity contribution is -0.121. The number of nitrogens with zero attached hydrogens (tertiary/aromatic N) is 2. The van der Waals surface area contributed by atoms with Gasteiger partial charge in [-0.25, -0.2) is 4.98 Å². The Morgan fingerprint density at radius 2 is 2.25 bits per heavy atom. The molecular weight excluding hydrogens is 371 g/mol. The topological polar surface area (TPSA) is 88.3 Å². The zero-order valence-electron chi connectivity index (χ0n) is 13.8. The van der Waals surface area contributed by atoms with Crippen molar-refractivity contribution in [2.24, 2.45) is 5.73 Å². The summed E-state index contributed by atoms with van der Waals surface area (Å²) in [6.07, 6.45) is 4.76. The van der Waals surface area contributed by atoms with Crippen molar-refractivity contribution in [2.45, 2.75) is 51.5 Å². The monoisotopic (exact) mass is 396 g/mol. The number of carbonyl (C=O) groups is 2. The molecule has 0 radical (unpaired) electrons. The molecule has 1 saturated heterocycles. The second-order valence-corrected chi connectivity index (χ2v) is 6.43.